The fraction of sp³-hybridized carbons (Fsp3) is 0.700. The molecule has 0 aromatic rings. The third kappa shape index (κ3) is 3.95. The lowest BCUT2D eigenvalue weighted by atomic mass is 9.99. The lowest BCUT2D eigenvalue weighted by molar-refractivity contribution is -0.122. The van der Waals surface area contributed by atoms with Crippen molar-refractivity contribution < 1.29 is 4.79 Å². The molecule has 72 valence electrons. The Morgan fingerprint density at radius 3 is 2.92 bits per heavy atom. The standard InChI is InChI=1S/C10H16N2O/c1-2-3-4-5-12-10(13)6-9-7-11-8-9/h9,11H,4-8H2,1H3,(H,12,13). The van der Waals surface area contributed by atoms with Gasteiger partial charge in [0.25, 0.3) is 0 Å². The van der Waals surface area contributed by atoms with Crippen molar-refractivity contribution in [1.29, 1.82) is 0 Å². The molecule has 1 heterocycles. The zero-order chi connectivity index (χ0) is 9.52. The highest BCUT2D eigenvalue weighted by Gasteiger charge is 2.19. The van der Waals surface area contributed by atoms with Gasteiger partial charge in [0, 0.05) is 19.4 Å². The topological polar surface area (TPSA) is 41.1 Å². The SMILES string of the molecule is CC#CCCNC(=O)CC1CNC1. The zero-order valence-electron chi connectivity index (χ0n) is 8.02. The van der Waals surface area contributed by atoms with E-state index >= 15 is 0 Å². The van der Waals surface area contributed by atoms with E-state index in [4.69, 9.17) is 0 Å². The molecule has 0 radical (unpaired) electrons. The summed E-state index contributed by atoms with van der Waals surface area (Å²) in [7, 11) is 0. The largest absolute Gasteiger partial charge is 0.355 e. The van der Waals surface area contributed by atoms with E-state index in [2.05, 4.69) is 22.5 Å². The minimum Gasteiger partial charge on any atom is -0.355 e. The quantitative estimate of drug-likeness (QED) is 0.477. The van der Waals surface area contributed by atoms with Crippen LogP contribution in [0.1, 0.15) is 19.8 Å². The summed E-state index contributed by atoms with van der Waals surface area (Å²) in [4.78, 5) is 11.2. The van der Waals surface area contributed by atoms with Crippen LogP contribution in [0.25, 0.3) is 0 Å². The summed E-state index contributed by atoms with van der Waals surface area (Å²) in [5.41, 5.74) is 0. The van der Waals surface area contributed by atoms with Crippen molar-refractivity contribution in [2.45, 2.75) is 19.8 Å². The lowest BCUT2D eigenvalue weighted by Crippen LogP contribution is -2.44. The van der Waals surface area contributed by atoms with Crippen LogP contribution in [0.15, 0.2) is 0 Å². The molecule has 0 unspecified atom stereocenters. The Hall–Kier alpha value is -1.01. The van der Waals surface area contributed by atoms with Crippen molar-refractivity contribution >= 4 is 5.91 Å². The van der Waals surface area contributed by atoms with Gasteiger partial charge in [0.05, 0.1) is 0 Å². The van der Waals surface area contributed by atoms with Crippen LogP contribution in [0.3, 0.4) is 0 Å². The van der Waals surface area contributed by atoms with Gasteiger partial charge in [0.1, 0.15) is 0 Å². The molecular weight excluding hydrogens is 164 g/mol. The van der Waals surface area contributed by atoms with Gasteiger partial charge in [0.2, 0.25) is 5.91 Å². The van der Waals surface area contributed by atoms with Crippen molar-refractivity contribution in [3.63, 3.8) is 0 Å². The summed E-state index contributed by atoms with van der Waals surface area (Å²) < 4.78 is 0. The number of hydrogen-bond donors (Lipinski definition) is 2. The Morgan fingerprint density at radius 2 is 2.38 bits per heavy atom. The van der Waals surface area contributed by atoms with E-state index in [0.717, 1.165) is 19.5 Å². The summed E-state index contributed by atoms with van der Waals surface area (Å²) in [5.74, 6) is 6.41. The molecule has 1 aliphatic rings. The maximum absolute atomic E-state index is 11.2. The molecule has 0 aromatic heterocycles. The molecule has 2 N–H and O–H groups in total. The van der Waals surface area contributed by atoms with Gasteiger partial charge in [-0.1, -0.05) is 0 Å². The molecule has 1 fully saturated rings. The molecule has 0 atom stereocenters. The second kappa shape index (κ2) is 5.60. The van der Waals surface area contributed by atoms with Gasteiger partial charge in [0.15, 0.2) is 0 Å². The third-order valence-corrected chi connectivity index (χ3v) is 2.09. The first kappa shape index (κ1) is 10.1. The molecule has 3 nitrogen and oxygen atoms in total. The van der Waals surface area contributed by atoms with Crippen LogP contribution < -0.4 is 10.6 Å². The number of rotatable bonds is 4. The summed E-state index contributed by atoms with van der Waals surface area (Å²) in [6.07, 6.45) is 1.41. The first-order valence-electron chi connectivity index (χ1n) is 4.70. The molecule has 1 aliphatic heterocycles. The van der Waals surface area contributed by atoms with Crippen LogP contribution >= 0.6 is 0 Å². The minimum atomic E-state index is 0.157. The summed E-state index contributed by atoms with van der Waals surface area (Å²) in [6.45, 7) is 4.46. The van der Waals surface area contributed by atoms with Crippen molar-refractivity contribution in [2.24, 2.45) is 5.92 Å². The Labute approximate surface area is 79.3 Å². The number of amides is 1. The van der Waals surface area contributed by atoms with Gasteiger partial charge < -0.3 is 10.6 Å². The van der Waals surface area contributed by atoms with E-state index in [1.807, 2.05) is 6.92 Å². The zero-order valence-corrected chi connectivity index (χ0v) is 8.02. The van der Waals surface area contributed by atoms with E-state index in [1.165, 1.54) is 0 Å². The molecule has 1 amide bonds. The van der Waals surface area contributed by atoms with Crippen molar-refractivity contribution in [2.75, 3.05) is 19.6 Å². The van der Waals surface area contributed by atoms with Gasteiger partial charge in [-0.3, -0.25) is 4.79 Å². The highest BCUT2D eigenvalue weighted by Crippen LogP contribution is 2.07. The van der Waals surface area contributed by atoms with Crippen LogP contribution in [-0.2, 0) is 4.79 Å². The van der Waals surface area contributed by atoms with Gasteiger partial charge in [-0.2, -0.15) is 0 Å². The average molecular weight is 180 g/mol. The predicted molar refractivity (Wildman–Crippen MR) is 52.1 cm³/mol. The van der Waals surface area contributed by atoms with E-state index < -0.39 is 0 Å². The molecule has 1 saturated heterocycles. The Kier molecular flexibility index (Phi) is 4.34. The highest BCUT2D eigenvalue weighted by molar-refractivity contribution is 5.76. The van der Waals surface area contributed by atoms with Gasteiger partial charge in [-0.15, -0.1) is 11.8 Å². The number of carbonyl (C=O) groups excluding carboxylic acids is 1. The van der Waals surface area contributed by atoms with Crippen molar-refractivity contribution in [3.8, 4) is 11.8 Å². The molecule has 0 saturated carbocycles. The first-order valence-corrected chi connectivity index (χ1v) is 4.70. The molecular formula is C10H16N2O. The molecule has 0 bridgehead atoms. The first-order chi connectivity index (χ1) is 6.33. The normalized spacial score (nSPS) is 15.5. The molecule has 13 heavy (non-hydrogen) atoms. The van der Waals surface area contributed by atoms with E-state index in [0.29, 0.717) is 18.9 Å². The van der Waals surface area contributed by atoms with Crippen LogP contribution in [0, 0.1) is 17.8 Å². The summed E-state index contributed by atoms with van der Waals surface area (Å²) >= 11 is 0. The van der Waals surface area contributed by atoms with Crippen LogP contribution in [0.5, 0.6) is 0 Å². The second-order valence-corrected chi connectivity index (χ2v) is 3.26. The van der Waals surface area contributed by atoms with E-state index in [1.54, 1.807) is 0 Å². The van der Waals surface area contributed by atoms with Crippen LogP contribution in [0.4, 0.5) is 0 Å². The molecule has 0 spiro atoms. The van der Waals surface area contributed by atoms with Crippen LogP contribution in [0.2, 0.25) is 0 Å². The number of carbonyl (C=O) groups is 1. The second-order valence-electron chi connectivity index (χ2n) is 3.26. The van der Waals surface area contributed by atoms with E-state index in [9.17, 15) is 4.79 Å². The fourth-order valence-corrected chi connectivity index (χ4v) is 1.22. The molecule has 1 rings (SSSR count). The van der Waals surface area contributed by atoms with Crippen molar-refractivity contribution in [1.82, 2.24) is 10.6 Å². The predicted octanol–water partition coefficient (Wildman–Crippen LogP) is 0.126. The van der Waals surface area contributed by atoms with Gasteiger partial charge >= 0.3 is 0 Å². The highest BCUT2D eigenvalue weighted by atomic mass is 16.1. The summed E-state index contributed by atoms with van der Waals surface area (Å²) in [6, 6.07) is 0. The van der Waals surface area contributed by atoms with Gasteiger partial charge in [-0.05, 0) is 25.9 Å². The third-order valence-electron chi connectivity index (χ3n) is 2.09. The lowest BCUT2D eigenvalue weighted by Gasteiger charge is -2.26. The number of hydrogen-bond acceptors (Lipinski definition) is 2. The van der Waals surface area contributed by atoms with Crippen molar-refractivity contribution in [3.05, 3.63) is 0 Å². The monoisotopic (exact) mass is 180 g/mol. The Bertz CT molecular complexity index is 223. The van der Waals surface area contributed by atoms with Crippen LogP contribution in [-0.4, -0.2) is 25.5 Å². The maximum atomic E-state index is 11.2. The Morgan fingerprint density at radius 1 is 1.62 bits per heavy atom. The molecule has 3 heteroatoms. The fourth-order valence-electron chi connectivity index (χ4n) is 1.22. The smallest absolute Gasteiger partial charge is 0.220 e. The summed E-state index contributed by atoms with van der Waals surface area (Å²) in [5, 5.41) is 5.99. The maximum Gasteiger partial charge on any atom is 0.220 e. The average Bonchev–Trinajstić information content (AvgIpc) is 2.06. The Balaban J connectivity index is 1.99. The van der Waals surface area contributed by atoms with E-state index in [-0.39, 0.29) is 5.91 Å². The number of nitrogens with one attached hydrogen (secondary N) is 2. The molecule has 0 aliphatic carbocycles. The molecule has 0 aromatic carbocycles. The van der Waals surface area contributed by atoms with Gasteiger partial charge in [-0.25, -0.2) is 0 Å². The minimum absolute atomic E-state index is 0.157.